The Morgan fingerprint density at radius 3 is 2.71 bits per heavy atom. The van der Waals surface area contributed by atoms with Crippen LogP contribution in [-0.2, 0) is 9.84 Å². The zero-order valence-corrected chi connectivity index (χ0v) is 12.5. The van der Waals surface area contributed by atoms with Gasteiger partial charge in [0.2, 0.25) is 0 Å². The Labute approximate surface area is 123 Å². The first-order valence-corrected chi connectivity index (χ1v) is 8.47. The van der Waals surface area contributed by atoms with Gasteiger partial charge in [-0.05, 0) is 48.7 Å². The topological polar surface area (TPSA) is 46.2 Å². The van der Waals surface area contributed by atoms with Crippen molar-refractivity contribution < 1.29 is 12.8 Å². The van der Waals surface area contributed by atoms with Crippen molar-refractivity contribution in [1.82, 2.24) is 0 Å². The Balaban J connectivity index is 1.97. The molecule has 5 heteroatoms. The number of anilines is 1. The number of hydrogen-bond donors (Lipinski definition) is 1. The third-order valence-corrected chi connectivity index (χ3v) is 5.64. The fourth-order valence-electron chi connectivity index (χ4n) is 2.72. The van der Waals surface area contributed by atoms with Gasteiger partial charge in [0.1, 0.15) is 5.82 Å². The van der Waals surface area contributed by atoms with Crippen LogP contribution < -0.4 is 5.32 Å². The van der Waals surface area contributed by atoms with E-state index >= 15 is 0 Å². The van der Waals surface area contributed by atoms with Crippen molar-refractivity contribution in [2.45, 2.75) is 24.3 Å². The molecular weight excluding hydrogens is 289 g/mol. The molecule has 110 valence electrons. The van der Waals surface area contributed by atoms with E-state index in [1.54, 1.807) is 18.2 Å². The van der Waals surface area contributed by atoms with Gasteiger partial charge in [-0.25, -0.2) is 12.8 Å². The zero-order chi connectivity index (χ0) is 15.0. The van der Waals surface area contributed by atoms with Gasteiger partial charge in [-0.15, -0.1) is 0 Å². The Morgan fingerprint density at radius 2 is 1.95 bits per heavy atom. The third kappa shape index (κ3) is 2.65. The maximum Gasteiger partial charge on any atom is 0.178 e. The molecule has 0 spiro atoms. The highest BCUT2D eigenvalue weighted by Crippen LogP contribution is 2.34. The van der Waals surface area contributed by atoms with Crippen LogP contribution in [0.25, 0.3) is 0 Å². The summed E-state index contributed by atoms with van der Waals surface area (Å²) in [5.74, 6) is -0.147. The predicted molar refractivity (Wildman–Crippen MR) is 80.6 cm³/mol. The first kappa shape index (κ1) is 14.1. The highest BCUT2D eigenvalue weighted by molar-refractivity contribution is 7.91. The van der Waals surface area contributed by atoms with E-state index < -0.39 is 9.84 Å². The summed E-state index contributed by atoms with van der Waals surface area (Å²) in [6.07, 6.45) is 0.510. The van der Waals surface area contributed by atoms with Crippen LogP contribution >= 0.6 is 0 Å². The molecule has 3 rings (SSSR count). The molecule has 0 saturated carbocycles. The normalized spacial score (nSPS) is 19.8. The lowest BCUT2D eigenvalue weighted by atomic mass is 10.0. The quantitative estimate of drug-likeness (QED) is 0.924. The van der Waals surface area contributed by atoms with Crippen LogP contribution in [0.2, 0.25) is 0 Å². The average Bonchev–Trinajstić information content (AvgIpc) is 2.45. The molecule has 21 heavy (non-hydrogen) atoms. The zero-order valence-electron chi connectivity index (χ0n) is 11.6. The summed E-state index contributed by atoms with van der Waals surface area (Å²) in [5.41, 5.74) is 2.42. The lowest BCUT2D eigenvalue weighted by molar-refractivity contribution is 0.576. The standard InChI is InChI=1S/C16H16FNO2S/c1-11-10-12(17)6-7-14(11)18-15-8-9-21(19,20)16-5-3-2-4-13(15)16/h2-7,10,15,18H,8-9H2,1H3. The molecule has 3 nitrogen and oxygen atoms in total. The predicted octanol–water partition coefficient (Wildman–Crippen LogP) is 3.46. The SMILES string of the molecule is Cc1cc(F)ccc1NC1CCS(=O)(=O)c2ccccc21. The highest BCUT2D eigenvalue weighted by Gasteiger charge is 2.29. The molecule has 1 N–H and O–H groups in total. The summed E-state index contributed by atoms with van der Waals surface area (Å²) in [4.78, 5) is 0.397. The highest BCUT2D eigenvalue weighted by atomic mass is 32.2. The Bertz CT molecular complexity index is 787. The summed E-state index contributed by atoms with van der Waals surface area (Å²) in [5, 5.41) is 3.34. The first-order chi connectivity index (χ1) is 9.97. The van der Waals surface area contributed by atoms with Crippen molar-refractivity contribution in [3.05, 3.63) is 59.4 Å². The summed E-state index contributed by atoms with van der Waals surface area (Å²) >= 11 is 0. The van der Waals surface area contributed by atoms with E-state index in [1.807, 2.05) is 19.1 Å². The largest absolute Gasteiger partial charge is 0.378 e. The van der Waals surface area contributed by atoms with Gasteiger partial charge in [-0.3, -0.25) is 0 Å². The van der Waals surface area contributed by atoms with Gasteiger partial charge in [-0.2, -0.15) is 0 Å². The van der Waals surface area contributed by atoms with Crippen molar-refractivity contribution in [2.24, 2.45) is 0 Å². The Hall–Kier alpha value is -1.88. The lowest BCUT2D eigenvalue weighted by Crippen LogP contribution is -2.24. The molecule has 1 unspecified atom stereocenters. The summed E-state index contributed by atoms with van der Waals surface area (Å²) in [6.45, 7) is 1.83. The molecular formula is C16H16FNO2S. The summed E-state index contributed by atoms with van der Waals surface area (Å²) < 4.78 is 37.4. The molecule has 0 fully saturated rings. The molecule has 0 aliphatic carbocycles. The number of fused-ring (bicyclic) bond motifs is 1. The van der Waals surface area contributed by atoms with Crippen LogP contribution in [-0.4, -0.2) is 14.2 Å². The van der Waals surface area contributed by atoms with Crippen LogP contribution in [0.4, 0.5) is 10.1 Å². The number of nitrogens with one attached hydrogen (secondary N) is 1. The van der Waals surface area contributed by atoms with Gasteiger partial charge in [-0.1, -0.05) is 18.2 Å². The molecule has 1 heterocycles. The monoisotopic (exact) mass is 305 g/mol. The van der Waals surface area contributed by atoms with Gasteiger partial charge < -0.3 is 5.32 Å². The second-order valence-corrected chi connectivity index (χ2v) is 7.38. The van der Waals surface area contributed by atoms with E-state index in [2.05, 4.69) is 5.32 Å². The second kappa shape index (κ2) is 5.15. The van der Waals surface area contributed by atoms with Crippen molar-refractivity contribution in [3.63, 3.8) is 0 Å². The van der Waals surface area contributed by atoms with Crippen LogP contribution in [0.1, 0.15) is 23.6 Å². The number of benzene rings is 2. The number of aryl methyl sites for hydroxylation is 1. The van der Waals surface area contributed by atoms with E-state index in [4.69, 9.17) is 0 Å². The van der Waals surface area contributed by atoms with Gasteiger partial charge in [0.15, 0.2) is 9.84 Å². The van der Waals surface area contributed by atoms with Gasteiger partial charge in [0.25, 0.3) is 0 Å². The fraction of sp³-hybridized carbons (Fsp3) is 0.250. The molecule has 1 aliphatic rings. The molecule has 2 aromatic carbocycles. The van der Waals surface area contributed by atoms with Gasteiger partial charge in [0, 0.05) is 5.69 Å². The minimum absolute atomic E-state index is 0.0751. The molecule has 0 bridgehead atoms. The molecule has 0 saturated heterocycles. The molecule has 0 amide bonds. The lowest BCUT2D eigenvalue weighted by Gasteiger charge is -2.27. The smallest absolute Gasteiger partial charge is 0.178 e. The van der Waals surface area contributed by atoms with Crippen LogP contribution in [0.3, 0.4) is 0 Å². The Morgan fingerprint density at radius 1 is 1.19 bits per heavy atom. The van der Waals surface area contributed by atoms with Gasteiger partial charge >= 0.3 is 0 Å². The number of hydrogen-bond acceptors (Lipinski definition) is 3. The molecule has 0 aromatic heterocycles. The first-order valence-electron chi connectivity index (χ1n) is 6.82. The third-order valence-electron chi connectivity index (χ3n) is 3.82. The average molecular weight is 305 g/mol. The Kier molecular flexibility index (Phi) is 3.45. The number of sulfone groups is 1. The van der Waals surface area contributed by atoms with Crippen molar-refractivity contribution in [3.8, 4) is 0 Å². The van der Waals surface area contributed by atoms with E-state index in [-0.39, 0.29) is 17.6 Å². The molecule has 1 atom stereocenters. The van der Waals surface area contributed by atoms with Gasteiger partial charge in [0.05, 0.1) is 16.7 Å². The molecule has 2 aromatic rings. The molecule has 1 aliphatic heterocycles. The minimum Gasteiger partial charge on any atom is -0.378 e. The van der Waals surface area contributed by atoms with Crippen LogP contribution in [0.5, 0.6) is 0 Å². The van der Waals surface area contributed by atoms with Crippen molar-refractivity contribution in [2.75, 3.05) is 11.1 Å². The maximum atomic E-state index is 13.2. The van der Waals surface area contributed by atoms with E-state index in [0.29, 0.717) is 11.3 Å². The van der Waals surface area contributed by atoms with E-state index in [0.717, 1.165) is 16.8 Å². The maximum absolute atomic E-state index is 13.2. The molecule has 0 radical (unpaired) electrons. The number of rotatable bonds is 2. The van der Waals surface area contributed by atoms with Crippen LogP contribution in [0, 0.1) is 12.7 Å². The van der Waals surface area contributed by atoms with Crippen LogP contribution in [0.15, 0.2) is 47.4 Å². The van der Waals surface area contributed by atoms with Crippen molar-refractivity contribution in [1.29, 1.82) is 0 Å². The summed E-state index contributed by atoms with van der Waals surface area (Å²) in [7, 11) is -3.18. The summed E-state index contributed by atoms with van der Waals surface area (Å²) in [6, 6.07) is 11.5. The van der Waals surface area contributed by atoms with E-state index in [1.165, 1.54) is 12.1 Å². The van der Waals surface area contributed by atoms with E-state index in [9.17, 15) is 12.8 Å². The number of halogens is 1. The fourth-order valence-corrected chi connectivity index (χ4v) is 4.34. The minimum atomic E-state index is -3.18. The van der Waals surface area contributed by atoms with Crippen molar-refractivity contribution >= 4 is 15.5 Å². The second-order valence-electron chi connectivity index (χ2n) is 5.30.